The van der Waals surface area contributed by atoms with Crippen LogP contribution >= 0.6 is 0 Å². The lowest BCUT2D eigenvalue weighted by Gasteiger charge is -2.18. The largest absolute Gasteiger partial charge is 0.462 e. The molecular formula is C63H102O6. The first-order valence-electron chi connectivity index (χ1n) is 28.0. The molecule has 0 N–H and O–H groups in total. The average molecular weight is 956 g/mol. The zero-order chi connectivity index (χ0) is 50.0. The third-order valence-electron chi connectivity index (χ3n) is 11.4. The fourth-order valence-electron chi connectivity index (χ4n) is 7.26. The Hall–Kier alpha value is -4.19. The van der Waals surface area contributed by atoms with Crippen LogP contribution in [0.25, 0.3) is 0 Å². The van der Waals surface area contributed by atoms with Gasteiger partial charge >= 0.3 is 17.9 Å². The third-order valence-corrected chi connectivity index (χ3v) is 11.4. The number of hydrogen-bond acceptors (Lipinski definition) is 6. The molecule has 0 bridgehead atoms. The van der Waals surface area contributed by atoms with Crippen LogP contribution < -0.4 is 0 Å². The first-order valence-corrected chi connectivity index (χ1v) is 28.0. The molecule has 0 aromatic rings. The summed E-state index contributed by atoms with van der Waals surface area (Å²) in [6.45, 7) is 6.34. The molecule has 0 radical (unpaired) electrons. The van der Waals surface area contributed by atoms with E-state index in [9.17, 15) is 14.4 Å². The number of ether oxygens (including phenoxy) is 3. The van der Waals surface area contributed by atoms with Gasteiger partial charge < -0.3 is 14.2 Å². The highest BCUT2D eigenvalue weighted by molar-refractivity contribution is 5.71. The number of allylic oxidation sites excluding steroid dienone is 20. The second-order valence-electron chi connectivity index (χ2n) is 18.1. The van der Waals surface area contributed by atoms with Gasteiger partial charge in [-0.15, -0.1) is 0 Å². The summed E-state index contributed by atoms with van der Waals surface area (Å²) in [6.07, 6.45) is 78.1. The van der Waals surface area contributed by atoms with E-state index in [1.165, 1.54) is 44.9 Å². The Morgan fingerprint density at radius 1 is 0.304 bits per heavy atom. The van der Waals surface area contributed by atoms with Gasteiger partial charge in [0.05, 0.1) is 0 Å². The van der Waals surface area contributed by atoms with Crippen LogP contribution in [-0.4, -0.2) is 37.2 Å². The molecule has 0 aliphatic carbocycles. The van der Waals surface area contributed by atoms with Crippen molar-refractivity contribution in [1.29, 1.82) is 0 Å². The van der Waals surface area contributed by atoms with Crippen molar-refractivity contribution in [2.75, 3.05) is 13.2 Å². The Morgan fingerprint density at radius 3 is 0.942 bits per heavy atom. The van der Waals surface area contributed by atoms with E-state index >= 15 is 0 Å². The summed E-state index contributed by atoms with van der Waals surface area (Å²) in [6, 6.07) is 0. The van der Waals surface area contributed by atoms with E-state index in [0.29, 0.717) is 19.3 Å². The summed E-state index contributed by atoms with van der Waals surface area (Å²) in [5.74, 6) is -0.931. The minimum Gasteiger partial charge on any atom is -0.462 e. The van der Waals surface area contributed by atoms with E-state index in [4.69, 9.17) is 14.2 Å². The third kappa shape index (κ3) is 54.6. The van der Waals surface area contributed by atoms with Crippen molar-refractivity contribution < 1.29 is 28.6 Å². The summed E-state index contributed by atoms with van der Waals surface area (Å²) in [4.78, 5) is 37.7. The molecule has 0 aromatic carbocycles. The lowest BCUT2D eigenvalue weighted by Crippen LogP contribution is -2.30. The highest BCUT2D eigenvalue weighted by atomic mass is 16.6. The molecule has 6 heteroatoms. The van der Waals surface area contributed by atoms with Crippen molar-refractivity contribution in [2.24, 2.45) is 0 Å². The second kappa shape index (κ2) is 56.4. The standard InChI is InChI=1S/C63H102O6/c1-4-7-10-13-15-17-19-21-22-23-24-25-26-27-28-29-30-31-32-33-34-35-36-37-38-39-40-42-43-45-47-50-53-56-62(65)68-59-60(58-67-61(64)55-52-49-12-9-6-3)69-63(66)57-54-51-48-46-44-41-20-18-16-14-11-8-5-2/h7,10-11,14-15,17-18,20-22,24-25,27-28,30-31,33-34,36-37,60H,4-6,8-9,12-13,16,19,23,26,29,32,35,38-59H2,1-3H3/b10-7-,14-11-,17-15-,20-18-,22-21-,25-24-,28-27-,31-30-,34-33-,37-36-. The van der Waals surface area contributed by atoms with Crippen molar-refractivity contribution >= 4 is 17.9 Å². The van der Waals surface area contributed by atoms with Gasteiger partial charge in [0.2, 0.25) is 0 Å². The van der Waals surface area contributed by atoms with Crippen molar-refractivity contribution in [3.63, 3.8) is 0 Å². The average Bonchev–Trinajstić information content (AvgIpc) is 3.35. The number of esters is 3. The molecule has 0 fully saturated rings. The molecule has 6 nitrogen and oxygen atoms in total. The van der Waals surface area contributed by atoms with Gasteiger partial charge in [-0.05, 0) is 109 Å². The molecule has 69 heavy (non-hydrogen) atoms. The van der Waals surface area contributed by atoms with Gasteiger partial charge in [0.1, 0.15) is 13.2 Å². The molecule has 0 spiro atoms. The smallest absolute Gasteiger partial charge is 0.306 e. The second-order valence-corrected chi connectivity index (χ2v) is 18.1. The molecule has 0 aliphatic heterocycles. The number of rotatable bonds is 49. The van der Waals surface area contributed by atoms with E-state index in [2.05, 4.69) is 142 Å². The molecule has 0 amide bonds. The lowest BCUT2D eigenvalue weighted by molar-refractivity contribution is -0.167. The maximum Gasteiger partial charge on any atom is 0.306 e. The van der Waals surface area contributed by atoms with Gasteiger partial charge in [0, 0.05) is 19.3 Å². The summed E-state index contributed by atoms with van der Waals surface area (Å²) in [5, 5.41) is 0. The van der Waals surface area contributed by atoms with Crippen LogP contribution in [0.4, 0.5) is 0 Å². The van der Waals surface area contributed by atoms with Crippen molar-refractivity contribution in [3.05, 3.63) is 122 Å². The van der Waals surface area contributed by atoms with Crippen LogP contribution in [0.15, 0.2) is 122 Å². The minimum atomic E-state index is -0.786. The van der Waals surface area contributed by atoms with Crippen LogP contribution in [-0.2, 0) is 28.6 Å². The Kier molecular flexibility index (Phi) is 53.0. The fraction of sp³-hybridized carbons (Fsp3) is 0.635. The topological polar surface area (TPSA) is 78.9 Å². The summed E-state index contributed by atoms with van der Waals surface area (Å²) in [5.41, 5.74) is 0. The maximum absolute atomic E-state index is 12.7. The zero-order valence-corrected chi connectivity index (χ0v) is 44.5. The molecule has 390 valence electrons. The highest BCUT2D eigenvalue weighted by Gasteiger charge is 2.19. The van der Waals surface area contributed by atoms with Crippen LogP contribution in [0.5, 0.6) is 0 Å². The summed E-state index contributed by atoms with van der Waals surface area (Å²) >= 11 is 0. The monoisotopic (exact) mass is 955 g/mol. The van der Waals surface area contributed by atoms with Gasteiger partial charge in [0.15, 0.2) is 6.10 Å². The van der Waals surface area contributed by atoms with Crippen LogP contribution in [0.2, 0.25) is 0 Å². The van der Waals surface area contributed by atoms with E-state index in [0.717, 1.165) is 154 Å². The summed E-state index contributed by atoms with van der Waals surface area (Å²) < 4.78 is 16.6. The first kappa shape index (κ1) is 64.8. The van der Waals surface area contributed by atoms with Crippen LogP contribution in [0.1, 0.15) is 239 Å². The number of unbranched alkanes of at least 4 members (excludes halogenated alkanes) is 18. The van der Waals surface area contributed by atoms with Crippen molar-refractivity contribution in [1.82, 2.24) is 0 Å². The maximum atomic E-state index is 12.7. The minimum absolute atomic E-state index is 0.0886. The predicted molar refractivity (Wildman–Crippen MR) is 297 cm³/mol. The van der Waals surface area contributed by atoms with Gasteiger partial charge in [-0.2, -0.15) is 0 Å². The van der Waals surface area contributed by atoms with E-state index in [-0.39, 0.29) is 31.1 Å². The van der Waals surface area contributed by atoms with E-state index < -0.39 is 6.10 Å². The lowest BCUT2D eigenvalue weighted by atomic mass is 10.1. The molecule has 0 saturated carbocycles. The molecule has 0 aromatic heterocycles. The highest BCUT2D eigenvalue weighted by Crippen LogP contribution is 2.14. The molecular weight excluding hydrogens is 853 g/mol. The number of carbonyl (C=O) groups is 3. The Bertz CT molecular complexity index is 1470. The molecule has 0 heterocycles. The van der Waals surface area contributed by atoms with E-state index in [1.807, 2.05) is 0 Å². The Balaban J connectivity index is 4.07. The van der Waals surface area contributed by atoms with Gasteiger partial charge in [-0.25, -0.2) is 0 Å². The zero-order valence-electron chi connectivity index (χ0n) is 44.5. The van der Waals surface area contributed by atoms with Gasteiger partial charge in [0.25, 0.3) is 0 Å². The van der Waals surface area contributed by atoms with Gasteiger partial charge in [-0.3, -0.25) is 14.4 Å². The SMILES string of the molecule is CC/C=C\C/C=C\C/C=C\C/C=C\C/C=C\C/C=C\C/C=C\C/C=C\CCCCCCCCCCC(=O)OCC(COC(=O)CCCCCCC)OC(=O)CCCCCCC/C=C\C/C=C\CCC. The van der Waals surface area contributed by atoms with Crippen molar-refractivity contribution in [3.8, 4) is 0 Å². The molecule has 1 atom stereocenters. The quantitative estimate of drug-likeness (QED) is 0.0262. The number of carbonyl (C=O) groups excluding carboxylic acids is 3. The first-order chi connectivity index (χ1) is 34.0. The van der Waals surface area contributed by atoms with E-state index in [1.54, 1.807) is 0 Å². The normalized spacial score (nSPS) is 13.0. The molecule has 1 unspecified atom stereocenters. The molecule has 0 rings (SSSR count). The number of hydrogen-bond donors (Lipinski definition) is 0. The fourth-order valence-corrected chi connectivity index (χ4v) is 7.26. The Morgan fingerprint density at radius 2 is 0.594 bits per heavy atom. The Labute approximate surface area is 424 Å². The summed E-state index contributed by atoms with van der Waals surface area (Å²) in [7, 11) is 0. The molecule has 0 saturated heterocycles. The van der Waals surface area contributed by atoms with Crippen molar-refractivity contribution in [2.45, 2.75) is 245 Å². The molecule has 0 aliphatic rings. The van der Waals surface area contributed by atoms with Crippen LogP contribution in [0.3, 0.4) is 0 Å². The predicted octanol–water partition coefficient (Wildman–Crippen LogP) is 18.9. The van der Waals surface area contributed by atoms with Gasteiger partial charge in [-0.1, -0.05) is 232 Å². The van der Waals surface area contributed by atoms with Crippen LogP contribution in [0, 0.1) is 0 Å².